The number of allylic oxidation sites excluding steroid dienone is 6. The largest absolute Gasteiger partial charge is 0.480 e. The highest BCUT2D eigenvalue weighted by Crippen LogP contribution is 2.19. The first-order chi connectivity index (χ1) is 28.9. The zero-order valence-corrected chi connectivity index (χ0v) is 38.9. The zero-order valence-electron chi connectivity index (χ0n) is 38.9. The van der Waals surface area contributed by atoms with Crippen LogP contribution < -0.4 is 11.1 Å². The number of carbonyl (C=O) groups excluding carboxylic acids is 2. The lowest BCUT2D eigenvalue weighted by molar-refractivity contribution is -0.150. The molecule has 0 spiro atoms. The van der Waals surface area contributed by atoms with Crippen molar-refractivity contribution in [3.63, 3.8) is 0 Å². The number of carboxylic acid groups (broad SMARTS) is 1. The number of aliphatic carboxylic acids is 1. The van der Waals surface area contributed by atoms with Crippen molar-refractivity contribution in [2.75, 3.05) is 6.54 Å². The van der Waals surface area contributed by atoms with Crippen LogP contribution in [0.3, 0.4) is 0 Å². The summed E-state index contributed by atoms with van der Waals surface area (Å²) in [4.78, 5) is 36.5. The van der Waals surface area contributed by atoms with E-state index < -0.39 is 12.0 Å². The van der Waals surface area contributed by atoms with E-state index in [1.165, 1.54) is 135 Å². The molecular formula is C52H96N2O5. The number of hydrogen-bond acceptors (Lipinski definition) is 5. The molecule has 0 rings (SSSR count). The predicted molar refractivity (Wildman–Crippen MR) is 253 cm³/mol. The van der Waals surface area contributed by atoms with Gasteiger partial charge in [-0.1, -0.05) is 172 Å². The Morgan fingerprint density at radius 1 is 0.492 bits per heavy atom. The van der Waals surface area contributed by atoms with Gasteiger partial charge in [-0.2, -0.15) is 0 Å². The third-order valence-corrected chi connectivity index (χ3v) is 11.4. The first-order valence-corrected chi connectivity index (χ1v) is 25.3. The van der Waals surface area contributed by atoms with Crippen molar-refractivity contribution in [1.29, 1.82) is 0 Å². The molecule has 0 aliphatic heterocycles. The number of unbranched alkanes of at least 4 members (excludes halogenated alkanes) is 26. The number of carboxylic acids is 1. The van der Waals surface area contributed by atoms with Crippen LogP contribution in [0.1, 0.15) is 258 Å². The fourth-order valence-electron chi connectivity index (χ4n) is 7.59. The summed E-state index contributed by atoms with van der Waals surface area (Å²) in [5.74, 6) is -1.24. The van der Waals surface area contributed by atoms with Crippen molar-refractivity contribution in [1.82, 2.24) is 5.32 Å². The fourth-order valence-corrected chi connectivity index (χ4v) is 7.59. The highest BCUT2D eigenvalue weighted by molar-refractivity contribution is 5.83. The quantitative estimate of drug-likeness (QED) is 0.0319. The summed E-state index contributed by atoms with van der Waals surface area (Å²) in [5, 5.41) is 12.0. The fraction of sp³-hybridized carbons (Fsp3) is 0.827. The summed E-state index contributed by atoms with van der Waals surface area (Å²) in [6, 6.07) is -0.860. The van der Waals surface area contributed by atoms with Gasteiger partial charge in [0.1, 0.15) is 12.1 Å². The molecule has 0 saturated carbocycles. The van der Waals surface area contributed by atoms with Gasteiger partial charge in [-0.15, -0.1) is 0 Å². The number of carbonyl (C=O) groups is 3. The number of hydrogen-bond donors (Lipinski definition) is 3. The summed E-state index contributed by atoms with van der Waals surface area (Å²) in [6.45, 7) is 4.95. The molecule has 0 heterocycles. The van der Waals surface area contributed by atoms with Crippen molar-refractivity contribution in [3.05, 3.63) is 36.5 Å². The molecule has 0 aliphatic rings. The van der Waals surface area contributed by atoms with Crippen LogP contribution in [-0.4, -0.2) is 41.6 Å². The molecule has 1 amide bonds. The first kappa shape index (κ1) is 56.6. The standard InChI is InChI=1S/C52H96N2O5/c1-3-5-7-9-11-13-15-17-19-20-21-23-25-27-29-31-36-40-46-51(56)59-48(42-37-33-30-28-26-24-22-18-16-14-12-10-8-6-4-2)43-38-34-32-35-39-45-50(55)54-49(52(57)58)44-41-47-53/h16,18-20,24,26,48-49H,3-15,17,21-23,25,27-47,53H2,1-2H3,(H,54,55)(H,57,58)/b18-16-,20-19-,26-24-. The Morgan fingerprint density at radius 2 is 0.881 bits per heavy atom. The Labute approximate surface area is 365 Å². The maximum absolute atomic E-state index is 12.9. The van der Waals surface area contributed by atoms with Gasteiger partial charge >= 0.3 is 11.9 Å². The number of rotatable bonds is 46. The molecule has 7 nitrogen and oxygen atoms in total. The van der Waals surface area contributed by atoms with Crippen LogP contribution in [-0.2, 0) is 19.1 Å². The van der Waals surface area contributed by atoms with Gasteiger partial charge in [-0.25, -0.2) is 4.79 Å². The van der Waals surface area contributed by atoms with Gasteiger partial charge in [0.05, 0.1) is 0 Å². The highest BCUT2D eigenvalue weighted by atomic mass is 16.5. The predicted octanol–water partition coefficient (Wildman–Crippen LogP) is 15.0. The van der Waals surface area contributed by atoms with Crippen LogP contribution >= 0.6 is 0 Å². The third kappa shape index (κ3) is 43.5. The molecule has 0 bridgehead atoms. The van der Waals surface area contributed by atoms with Gasteiger partial charge in [0.2, 0.25) is 5.91 Å². The van der Waals surface area contributed by atoms with E-state index in [1.54, 1.807) is 0 Å². The van der Waals surface area contributed by atoms with Gasteiger partial charge < -0.3 is 20.9 Å². The number of nitrogens with one attached hydrogen (secondary N) is 1. The Balaban J connectivity index is 4.34. The van der Waals surface area contributed by atoms with E-state index in [4.69, 9.17) is 10.5 Å². The average Bonchev–Trinajstić information content (AvgIpc) is 3.22. The number of ether oxygens (including phenoxy) is 1. The average molecular weight is 829 g/mol. The van der Waals surface area contributed by atoms with Gasteiger partial charge in [0.15, 0.2) is 0 Å². The number of nitrogens with two attached hydrogens (primary N) is 1. The van der Waals surface area contributed by atoms with E-state index in [1.807, 2.05) is 0 Å². The van der Waals surface area contributed by atoms with Crippen LogP contribution in [0.4, 0.5) is 0 Å². The Hall–Kier alpha value is -2.41. The van der Waals surface area contributed by atoms with Crippen molar-refractivity contribution in [3.8, 4) is 0 Å². The molecule has 2 unspecified atom stereocenters. The second-order valence-electron chi connectivity index (χ2n) is 17.2. The minimum Gasteiger partial charge on any atom is -0.480 e. The minimum absolute atomic E-state index is 0.0120. The lowest BCUT2D eigenvalue weighted by atomic mass is 10.0. The molecule has 0 aromatic heterocycles. The van der Waals surface area contributed by atoms with Gasteiger partial charge in [-0.05, 0) is 116 Å². The molecule has 0 aliphatic carbocycles. The highest BCUT2D eigenvalue weighted by Gasteiger charge is 2.19. The maximum atomic E-state index is 12.9. The molecule has 0 aromatic carbocycles. The van der Waals surface area contributed by atoms with Crippen molar-refractivity contribution >= 4 is 17.8 Å². The maximum Gasteiger partial charge on any atom is 0.326 e. The van der Waals surface area contributed by atoms with Crippen LogP contribution in [0.25, 0.3) is 0 Å². The lowest BCUT2D eigenvalue weighted by Gasteiger charge is -2.18. The summed E-state index contributed by atoms with van der Waals surface area (Å²) in [5.41, 5.74) is 5.50. The molecule has 0 saturated heterocycles. The molecule has 0 fully saturated rings. The zero-order chi connectivity index (χ0) is 43.1. The van der Waals surface area contributed by atoms with Crippen LogP contribution in [0, 0.1) is 0 Å². The summed E-state index contributed by atoms with van der Waals surface area (Å²) < 4.78 is 6.07. The second-order valence-corrected chi connectivity index (χ2v) is 17.2. The summed E-state index contributed by atoms with van der Waals surface area (Å²) in [7, 11) is 0. The monoisotopic (exact) mass is 829 g/mol. The molecule has 0 aromatic rings. The van der Waals surface area contributed by atoms with Gasteiger partial charge in [0.25, 0.3) is 0 Å². The summed E-state index contributed by atoms with van der Waals surface area (Å²) >= 11 is 0. The first-order valence-electron chi connectivity index (χ1n) is 25.3. The van der Waals surface area contributed by atoms with Crippen molar-refractivity contribution in [2.45, 2.75) is 270 Å². The Kier molecular flexibility index (Phi) is 44.7. The molecule has 0 radical (unpaired) electrons. The SMILES string of the molecule is CCCCCCC/C=C\C/C=C\CCCCCC(CCCCCCCC(=O)NC(CCCN)C(=O)O)OC(=O)CCCCCCCCC/C=C\CCCCCCCCC. The minimum atomic E-state index is -1.01. The van der Waals surface area contributed by atoms with Gasteiger partial charge in [-0.3, -0.25) is 9.59 Å². The molecule has 59 heavy (non-hydrogen) atoms. The Bertz CT molecular complexity index is 1020. The smallest absolute Gasteiger partial charge is 0.326 e. The molecular weight excluding hydrogens is 733 g/mol. The molecule has 344 valence electrons. The molecule has 7 heteroatoms. The van der Waals surface area contributed by atoms with E-state index in [0.29, 0.717) is 32.2 Å². The third-order valence-electron chi connectivity index (χ3n) is 11.4. The van der Waals surface area contributed by atoms with Crippen LogP contribution in [0.5, 0.6) is 0 Å². The van der Waals surface area contributed by atoms with E-state index in [-0.39, 0.29) is 18.0 Å². The molecule has 4 N–H and O–H groups in total. The Morgan fingerprint density at radius 3 is 1.34 bits per heavy atom. The van der Waals surface area contributed by atoms with Crippen LogP contribution in [0.2, 0.25) is 0 Å². The summed E-state index contributed by atoms with van der Waals surface area (Å²) in [6.07, 6.45) is 56.2. The number of amides is 1. The topological polar surface area (TPSA) is 119 Å². The van der Waals surface area contributed by atoms with E-state index >= 15 is 0 Å². The second kappa shape index (κ2) is 46.7. The van der Waals surface area contributed by atoms with E-state index in [9.17, 15) is 19.5 Å². The normalized spacial score (nSPS) is 12.9. The van der Waals surface area contributed by atoms with E-state index in [0.717, 1.165) is 83.5 Å². The molecule has 2 atom stereocenters. The lowest BCUT2D eigenvalue weighted by Crippen LogP contribution is -2.40. The number of esters is 1. The van der Waals surface area contributed by atoms with E-state index in [2.05, 4.69) is 55.6 Å². The van der Waals surface area contributed by atoms with Gasteiger partial charge in [0, 0.05) is 12.8 Å². The van der Waals surface area contributed by atoms with Crippen LogP contribution in [0.15, 0.2) is 36.5 Å². The van der Waals surface area contributed by atoms with Crippen molar-refractivity contribution < 1.29 is 24.2 Å². The van der Waals surface area contributed by atoms with Crippen molar-refractivity contribution in [2.24, 2.45) is 5.73 Å².